The van der Waals surface area contributed by atoms with E-state index in [1.165, 1.54) is 32.1 Å². The molecule has 0 N–H and O–H groups in total. The van der Waals surface area contributed by atoms with Gasteiger partial charge in [-0.25, -0.2) is 0 Å². The van der Waals surface area contributed by atoms with E-state index in [-0.39, 0.29) is 0 Å². The molecule has 1 unspecified atom stereocenters. The summed E-state index contributed by atoms with van der Waals surface area (Å²) in [6, 6.07) is 0. The molecule has 2 fully saturated rings. The van der Waals surface area contributed by atoms with Crippen molar-refractivity contribution in [1.29, 1.82) is 0 Å². The van der Waals surface area contributed by atoms with Gasteiger partial charge in [0.15, 0.2) is 0 Å². The smallest absolute Gasteiger partial charge is 0.0271 e. The summed E-state index contributed by atoms with van der Waals surface area (Å²) < 4.78 is 0.507. The van der Waals surface area contributed by atoms with Crippen LogP contribution in [0.1, 0.15) is 52.9 Å². The molecule has 2 aliphatic carbocycles. The lowest BCUT2D eigenvalue weighted by Gasteiger charge is -2.52. The third-order valence-electron chi connectivity index (χ3n) is 3.95. The maximum absolute atomic E-state index is 4.54. The molecule has 2 saturated carbocycles. The lowest BCUT2D eigenvalue weighted by atomic mass is 9.60. The highest BCUT2D eigenvalue weighted by atomic mass is 33.1. The van der Waals surface area contributed by atoms with Crippen molar-refractivity contribution in [2.45, 2.75) is 57.6 Å². The van der Waals surface area contributed by atoms with Gasteiger partial charge in [-0.2, -0.15) is 0 Å². The highest BCUT2D eigenvalue weighted by molar-refractivity contribution is 8.69. The average Bonchev–Trinajstić information content (AvgIpc) is 1.99. The van der Waals surface area contributed by atoms with Crippen molar-refractivity contribution in [2.24, 2.45) is 17.3 Å². The molecule has 2 bridgehead atoms. The molecular weight excluding hydrogens is 208 g/mol. The van der Waals surface area contributed by atoms with E-state index in [1.807, 2.05) is 10.8 Å². The molecule has 2 heteroatoms. The Labute approximate surface area is 97.4 Å². The summed E-state index contributed by atoms with van der Waals surface area (Å²) in [6.45, 7) is 7.30. The highest BCUT2D eigenvalue weighted by Gasteiger charge is 2.47. The van der Waals surface area contributed by atoms with Crippen LogP contribution in [0.2, 0.25) is 0 Å². The first-order valence-corrected chi connectivity index (χ1v) is 7.64. The molecule has 0 saturated heterocycles. The van der Waals surface area contributed by atoms with Gasteiger partial charge in [-0.3, -0.25) is 0 Å². The lowest BCUT2D eigenvalue weighted by molar-refractivity contribution is 0.0788. The van der Waals surface area contributed by atoms with E-state index in [2.05, 4.69) is 32.4 Å². The second kappa shape index (κ2) is 3.62. The van der Waals surface area contributed by atoms with Crippen LogP contribution in [0.15, 0.2) is 0 Å². The largest absolute Gasteiger partial charge is 0.111 e. The van der Waals surface area contributed by atoms with Crippen LogP contribution in [0.3, 0.4) is 0 Å². The number of rotatable bonds is 1. The molecule has 0 spiro atoms. The highest BCUT2D eigenvalue weighted by Crippen LogP contribution is 2.58. The van der Waals surface area contributed by atoms with Crippen LogP contribution >= 0.6 is 22.5 Å². The number of thiol groups is 1. The second-order valence-electron chi connectivity index (χ2n) is 6.43. The minimum absolute atomic E-state index is 0.507. The summed E-state index contributed by atoms with van der Waals surface area (Å²) in [5.74, 6) is 1.90. The van der Waals surface area contributed by atoms with Crippen molar-refractivity contribution in [3.8, 4) is 0 Å². The van der Waals surface area contributed by atoms with Crippen LogP contribution in [0.5, 0.6) is 0 Å². The number of fused-ring (bicyclic) bond motifs is 2. The zero-order valence-electron chi connectivity index (χ0n) is 9.55. The predicted molar refractivity (Wildman–Crippen MR) is 68.8 cm³/mol. The fourth-order valence-electron chi connectivity index (χ4n) is 4.11. The number of hydrogen-bond donors (Lipinski definition) is 1. The van der Waals surface area contributed by atoms with Crippen LogP contribution in [0.4, 0.5) is 0 Å². The molecule has 0 aromatic carbocycles. The first-order chi connectivity index (χ1) is 6.45. The van der Waals surface area contributed by atoms with Crippen LogP contribution in [0, 0.1) is 17.3 Å². The van der Waals surface area contributed by atoms with E-state index in [0.29, 0.717) is 10.2 Å². The molecule has 0 aliphatic heterocycles. The molecule has 3 atom stereocenters. The molecule has 0 amide bonds. The lowest BCUT2D eigenvalue weighted by Crippen LogP contribution is -2.44. The Bertz CT molecular complexity index is 220. The maximum Gasteiger partial charge on any atom is 0.0271 e. The van der Waals surface area contributed by atoms with Crippen molar-refractivity contribution in [1.82, 2.24) is 0 Å². The van der Waals surface area contributed by atoms with E-state index < -0.39 is 0 Å². The van der Waals surface area contributed by atoms with E-state index in [9.17, 15) is 0 Å². The third kappa shape index (κ3) is 2.11. The van der Waals surface area contributed by atoms with Gasteiger partial charge in [-0.15, -0.1) is 11.7 Å². The Kier molecular flexibility index (Phi) is 2.90. The fraction of sp³-hybridized carbons (Fsp3) is 1.00. The normalized spacial score (nSPS) is 46.3. The Morgan fingerprint density at radius 2 is 1.93 bits per heavy atom. The van der Waals surface area contributed by atoms with Gasteiger partial charge < -0.3 is 0 Å². The van der Waals surface area contributed by atoms with Gasteiger partial charge in [0.1, 0.15) is 0 Å². The Hall–Kier alpha value is 0.700. The molecule has 2 aliphatic rings. The van der Waals surface area contributed by atoms with Crippen molar-refractivity contribution >= 4 is 22.5 Å². The Balaban J connectivity index is 2.20. The van der Waals surface area contributed by atoms with Crippen molar-refractivity contribution in [2.75, 3.05) is 0 Å². The monoisotopic (exact) mass is 230 g/mol. The fourth-order valence-corrected chi connectivity index (χ4v) is 5.88. The van der Waals surface area contributed by atoms with Gasteiger partial charge in [-0.1, -0.05) is 31.6 Å². The van der Waals surface area contributed by atoms with Crippen molar-refractivity contribution < 1.29 is 0 Å². The van der Waals surface area contributed by atoms with Gasteiger partial charge in [0, 0.05) is 4.75 Å². The number of hydrogen-bond acceptors (Lipinski definition) is 2. The van der Waals surface area contributed by atoms with Crippen LogP contribution in [0.25, 0.3) is 0 Å². The van der Waals surface area contributed by atoms with E-state index in [4.69, 9.17) is 0 Å². The average molecular weight is 230 g/mol. The van der Waals surface area contributed by atoms with Gasteiger partial charge in [0.05, 0.1) is 0 Å². The Morgan fingerprint density at radius 1 is 1.21 bits per heavy atom. The SMILES string of the molecule is C[C@@H]1CC2CC(C)(C)C[C@](SS)(C2)C1. The van der Waals surface area contributed by atoms with E-state index in [0.717, 1.165) is 11.8 Å². The standard InChI is InChI=1S/C12H22S2/c1-9-4-10-6-11(2,3)8-12(5-9,7-10)14-13/h9-10,13H,4-8H2,1-3H3/t9-,10?,12-/m1/s1. The first-order valence-electron chi connectivity index (χ1n) is 5.77. The molecule has 14 heavy (non-hydrogen) atoms. The summed E-state index contributed by atoms with van der Waals surface area (Å²) in [5.41, 5.74) is 0.554. The summed E-state index contributed by atoms with van der Waals surface area (Å²) >= 11 is 4.54. The second-order valence-corrected chi connectivity index (χ2v) is 8.03. The van der Waals surface area contributed by atoms with Crippen molar-refractivity contribution in [3.63, 3.8) is 0 Å². The quantitative estimate of drug-likeness (QED) is 0.509. The summed E-state index contributed by atoms with van der Waals surface area (Å²) in [6.07, 6.45) is 7.08. The molecule has 0 radical (unpaired) electrons. The summed E-state index contributed by atoms with van der Waals surface area (Å²) in [4.78, 5) is 0. The maximum atomic E-state index is 4.54. The van der Waals surface area contributed by atoms with E-state index >= 15 is 0 Å². The van der Waals surface area contributed by atoms with Crippen molar-refractivity contribution in [3.05, 3.63) is 0 Å². The molecule has 0 heterocycles. The van der Waals surface area contributed by atoms with Gasteiger partial charge in [0.25, 0.3) is 0 Å². The first kappa shape index (κ1) is 11.2. The topological polar surface area (TPSA) is 0 Å². The zero-order chi connectivity index (χ0) is 10.4. The summed E-state index contributed by atoms with van der Waals surface area (Å²) in [5, 5.41) is 0. The van der Waals surface area contributed by atoms with E-state index in [1.54, 1.807) is 0 Å². The molecule has 2 rings (SSSR count). The van der Waals surface area contributed by atoms with Gasteiger partial charge in [-0.05, 0) is 49.4 Å². The minimum Gasteiger partial charge on any atom is -0.111 e. The Morgan fingerprint density at radius 3 is 2.57 bits per heavy atom. The predicted octanol–water partition coefficient (Wildman–Crippen LogP) is 4.56. The van der Waals surface area contributed by atoms with Crippen LogP contribution in [-0.4, -0.2) is 4.75 Å². The van der Waals surface area contributed by atoms with Gasteiger partial charge >= 0.3 is 0 Å². The summed E-state index contributed by atoms with van der Waals surface area (Å²) in [7, 11) is 1.85. The molecule has 0 aromatic heterocycles. The van der Waals surface area contributed by atoms with Crippen LogP contribution in [-0.2, 0) is 0 Å². The third-order valence-corrected chi connectivity index (χ3v) is 5.98. The van der Waals surface area contributed by atoms with Crippen LogP contribution < -0.4 is 0 Å². The van der Waals surface area contributed by atoms with Gasteiger partial charge in [0.2, 0.25) is 0 Å². The zero-order valence-corrected chi connectivity index (χ0v) is 11.3. The molecule has 0 nitrogen and oxygen atoms in total. The molecule has 82 valence electrons. The molecule has 0 aromatic rings. The minimum atomic E-state index is 0.507. The molecular formula is C12H22S2.